The van der Waals surface area contributed by atoms with Crippen LogP contribution in [0, 0.1) is 5.92 Å². The molecule has 0 saturated heterocycles. The van der Waals surface area contributed by atoms with Crippen molar-refractivity contribution in [1.29, 1.82) is 0 Å². The summed E-state index contributed by atoms with van der Waals surface area (Å²) >= 11 is 0. The summed E-state index contributed by atoms with van der Waals surface area (Å²) in [5, 5.41) is 11.7. The quantitative estimate of drug-likeness (QED) is 0.615. The zero-order valence-electron chi connectivity index (χ0n) is 14.9. The highest BCUT2D eigenvalue weighted by molar-refractivity contribution is 7.89. The van der Waals surface area contributed by atoms with E-state index >= 15 is 0 Å². The van der Waals surface area contributed by atoms with E-state index in [4.69, 9.17) is 0 Å². The molecule has 0 aliphatic heterocycles. The molecular formula is C17H26N2O5S. The van der Waals surface area contributed by atoms with Gasteiger partial charge in [0.15, 0.2) is 0 Å². The predicted molar refractivity (Wildman–Crippen MR) is 94.9 cm³/mol. The molecule has 1 aromatic carbocycles. The summed E-state index contributed by atoms with van der Waals surface area (Å²) in [5.74, 6) is -1.87. The van der Waals surface area contributed by atoms with E-state index in [0.29, 0.717) is 12.8 Å². The molecule has 1 amide bonds. The topological polar surface area (TPSA) is 113 Å². The molecule has 0 fully saturated rings. The van der Waals surface area contributed by atoms with Gasteiger partial charge >= 0.3 is 5.97 Å². The number of sulfonamides is 1. The first-order chi connectivity index (χ1) is 11.6. The second-order valence-corrected chi connectivity index (χ2v) is 7.84. The lowest BCUT2D eigenvalue weighted by Gasteiger charge is -2.20. The lowest BCUT2D eigenvalue weighted by molar-refractivity contribution is -0.140. The van der Waals surface area contributed by atoms with E-state index in [-0.39, 0.29) is 22.4 Å². The Balaban J connectivity index is 2.91. The molecule has 0 spiro atoms. The summed E-state index contributed by atoms with van der Waals surface area (Å²) in [6.07, 6.45) is 1.27. The van der Waals surface area contributed by atoms with E-state index in [2.05, 4.69) is 10.0 Å². The van der Waals surface area contributed by atoms with Gasteiger partial charge in [-0.05, 0) is 43.5 Å². The number of aliphatic carboxylic acids is 1. The van der Waals surface area contributed by atoms with Gasteiger partial charge in [0.1, 0.15) is 6.04 Å². The zero-order chi connectivity index (χ0) is 19.2. The van der Waals surface area contributed by atoms with Crippen LogP contribution in [0.2, 0.25) is 0 Å². The molecule has 7 nitrogen and oxygen atoms in total. The van der Waals surface area contributed by atoms with Crippen LogP contribution in [-0.2, 0) is 14.8 Å². The smallest absolute Gasteiger partial charge is 0.326 e. The fourth-order valence-corrected chi connectivity index (χ4v) is 3.44. The summed E-state index contributed by atoms with van der Waals surface area (Å²) in [6, 6.07) is 4.22. The number of rotatable bonds is 9. The third-order valence-electron chi connectivity index (χ3n) is 4.16. The molecule has 3 unspecified atom stereocenters. The van der Waals surface area contributed by atoms with Gasteiger partial charge < -0.3 is 10.4 Å². The van der Waals surface area contributed by atoms with Crippen molar-refractivity contribution in [1.82, 2.24) is 10.0 Å². The normalized spacial score (nSPS) is 15.2. The summed E-state index contributed by atoms with van der Waals surface area (Å²) in [5.41, 5.74) is 0.206. The minimum Gasteiger partial charge on any atom is -0.480 e. The van der Waals surface area contributed by atoms with Gasteiger partial charge in [0.2, 0.25) is 10.0 Å². The number of hydrogen-bond donors (Lipinski definition) is 3. The van der Waals surface area contributed by atoms with Crippen LogP contribution in [0.3, 0.4) is 0 Å². The van der Waals surface area contributed by atoms with Crippen LogP contribution in [0.25, 0.3) is 0 Å². The average molecular weight is 370 g/mol. The van der Waals surface area contributed by atoms with Gasteiger partial charge in [-0.1, -0.05) is 27.2 Å². The molecule has 0 heterocycles. The molecule has 1 rings (SSSR count). The van der Waals surface area contributed by atoms with E-state index in [1.165, 1.54) is 24.3 Å². The van der Waals surface area contributed by atoms with Crippen LogP contribution in [0.4, 0.5) is 0 Å². The van der Waals surface area contributed by atoms with Crippen molar-refractivity contribution in [2.45, 2.75) is 57.5 Å². The van der Waals surface area contributed by atoms with Gasteiger partial charge in [-0.25, -0.2) is 17.9 Å². The van der Waals surface area contributed by atoms with Gasteiger partial charge in [0.25, 0.3) is 5.91 Å². The molecule has 140 valence electrons. The molecule has 0 bridgehead atoms. The van der Waals surface area contributed by atoms with Crippen molar-refractivity contribution in [3.8, 4) is 0 Å². The van der Waals surface area contributed by atoms with Crippen LogP contribution < -0.4 is 10.0 Å². The van der Waals surface area contributed by atoms with E-state index in [9.17, 15) is 23.1 Å². The summed E-state index contributed by atoms with van der Waals surface area (Å²) in [6.45, 7) is 7.23. The number of carbonyl (C=O) groups is 2. The Morgan fingerprint density at radius 3 is 2.08 bits per heavy atom. The number of carbonyl (C=O) groups excluding carboxylic acids is 1. The number of carboxylic acid groups (broad SMARTS) is 1. The Labute approximate surface area is 148 Å². The first kappa shape index (κ1) is 21.1. The van der Waals surface area contributed by atoms with E-state index < -0.39 is 27.9 Å². The van der Waals surface area contributed by atoms with Crippen molar-refractivity contribution < 1.29 is 23.1 Å². The van der Waals surface area contributed by atoms with Crippen LogP contribution in [0.15, 0.2) is 29.2 Å². The van der Waals surface area contributed by atoms with E-state index in [0.717, 1.165) is 0 Å². The molecule has 0 radical (unpaired) electrons. The molecule has 0 aliphatic carbocycles. The van der Waals surface area contributed by atoms with E-state index in [1.807, 2.05) is 13.8 Å². The third kappa shape index (κ3) is 5.82. The van der Waals surface area contributed by atoms with Crippen molar-refractivity contribution in [3.05, 3.63) is 29.8 Å². The molecule has 0 aromatic heterocycles. The van der Waals surface area contributed by atoms with Crippen LogP contribution in [0.1, 0.15) is 50.9 Å². The Bertz CT molecular complexity index is 700. The number of carboxylic acids is 1. The molecule has 1 aromatic rings. The second kappa shape index (κ2) is 8.96. The van der Waals surface area contributed by atoms with Crippen molar-refractivity contribution >= 4 is 21.9 Å². The number of amides is 1. The Kier molecular flexibility index (Phi) is 7.57. The van der Waals surface area contributed by atoms with Gasteiger partial charge in [0.05, 0.1) is 4.90 Å². The maximum Gasteiger partial charge on any atom is 0.326 e. The molecular weight excluding hydrogens is 344 g/mol. The summed E-state index contributed by atoms with van der Waals surface area (Å²) in [4.78, 5) is 23.6. The predicted octanol–water partition coefficient (Wildman–Crippen LogP) is 1.99. The monoisotopic (exact) mass is 370 g/mol. The minimum absolute atomic E-state index is 0.0565. The number of nitrogens with one attached hydrogen (secondary N) is 2. The van der Waals surface area contributed by atoms with Crippen LogP contribution in [0.5, 0.6) is 0 Å². The van der Waals surface area contributed by atoms with Gasteiger partial charge in [-0.3, -0.25) is 4.79 Å². The molecule has 3 N–H and O–H groups in total. The van der Waals surface area contributed by atoms with Gasteiger partial charge in [-0.2, -0.15) is 0 Å². The van der Waals surface area contributed by atoms with Crippen molar-refractivity contribution in [2.24, 2.45) is 5.92 Å². The van der Waals surface area contributed by atoms with Gasteiger partial charge in [-0.15, -0.1) is 0 Å². The fraction of sp³-hybridized carbons (Fsp3) is 0.529. The highest BCUT2D eigenvalue weighted by Gasteiger charge is 2.26. The standard InChI is InChI=1S/C17H26N2O5S/c1-5-11(3)15(17(21)22)18-16(20)13-7-9-14(10-8-13)25(23,24)19-12(4)6-2/h7-12,15,19H,5-6H2,1-4H3,(H,18,20)(H,21,22). The summed E-state index contributed by atoms with van der Waals surface area (Å²) < 4.78 is 26.9. The van der Waals surface area contributed by atoms with Crippen molar-refractivity contribution in [2.75, 3.05) is 0 Å². The molecule has 8 heteroatoms. The summed E-state index contributed by atoms with van der Waals surface area (Å²) in [7, 11) is -3.64. The van der Waals surface area contributed by atoms with Crippen LogP contribution >= 0.6 is 0 Å². The third-order valence-corrected chi connectivity index (χ3v) is 5.77. The van der Waals surface area contributed by atoms with Gasteiger partial charge in [0, 0.05) is 11.6 Å². The first-order valence-corrected chi connectivity index (χ1v) is 9.76. The molecule has 0 aliphatic rings. The largest absolute Gasteiger partial charge is 0.480 e. The SMILES string of the molecule is CCC(C)NS(=O)(=O)c1ccc(C(=O)NC(C(=O)O)C(C)CC)cc1. The number of benzene rings is 1. The maximum absolute atomic E-state index is 12.2. The lowest BCUT2D eigenvalue weighted by Crippen LogP contribution is -2.45. The Morgan fingerprint density at radius 1 is 1.08 bits per heavy atom. The highest BCUT2D eigenvalue weighted by Crippen LogP contribution is 2.13. The lowest BCUT2D eigenvalue weighted by atomic mass is 9.99. The molecule has 25 heavy (non-hydrogen) atoms. The first-order valence-electron chi connectivity index (χ1n) is 8.28. The van der Waals surface area contributed by atoms with E-state index in [1.54, 1.807) is 13.8 Å². The maximum atomic E-state index is 12.2. The number of hydrogen-bond acceptors (Lipinski definition) is 4. The van der Waals surface area contributed by atoms with Crippen LogP contribution in [-0.4, -0.2) is 37.5 Å². The average Bonchev–Trinajstić information content (AvgIpc) is 2.58. The second-order valence-electron chi connectivity index (χ2n) is 6.13. The zero-order valence-corrected chi connectivity index (χ0v) is 15.8. The highest BCUT2D eigenvalue weighted by atomic mass is 32.2. The van der Waals surface area contributed by atoms with Crippen molar-refractivity contribution in [3.63, 3.8) is 0 Å². The fourth-order valence-electron chi connectivity index (χ4n) is 2.11. The minimum atomic E-state index is -3.64. The Hall–Kier alpha value is -1.93. The molecule has 3 atom stereocenters. The molecule has 0 saturated carbocycles. The Morgan fingerprint density at radius 2 is 1.64 bits per heavy atom.